The molecule has 0 aromatic heterocycles. The Hall–Kier alpha value is -1.63. The second kappa shape index (κ2) is 5.18. The van der Waals surface area contributed by atoms with Crippen LogP contribution in [-0.4, -0.2) is 36.9 Å². The van der Waals surface area contributed by atoms with Gasteiger partial charge in [0.2, 0.25) is 0 Å². The van der Waals surface area contributed by atoms with E-state index in [1.165, 1.54) is 0 Å². The molecule has 0 saturated heterocycles. The molecule has 1 aromatic rings. The minimum absolute atomic E-state index is 0.182. The van der Waals surface area contributed by atoms with Crippen molar-refractivity contribution < 1.29 is 17.5 Å². The highest BCUT2D eigenvalue weighted by Gasteiger charge is 2.60. The molecule has 7 heteroatoms. The first kappa shape index (κ1) is 17.2. The lowest BCUT2D eigenvalue weighted by molar-refractivity contribution is 0.208. The van der Waals surface area contributed by atoms with Crippen molar-refractivity contribution in [2.24, 2.45) is 4.99 Å². The summed E-state index contributed by atoms with van der Waals surface area (Å²) in [7, 11) is -3.69. The van der Waals surface area contributed by atoms with Gasteiger partial charge in [-0.05, 0) is 45.9 Å². The summed E-state index contributed by atoms with van der Waals surface area (Å²) in [5.41, 5.74) is 5.62. The third kappa shape index (κ3) is 2.10. The lowest BCUT2D eigenvalue weighted by Gasteiger charge is -2.44. The van der Waals surface area contributed by atoms with Gasteiger partial charge in [0.1, 0.15) is 22.7 Å². The highest BCUT2D eigenvalue weighted by molar-refractivity contribution is 7.94. The van der Waals surface area contributed by atoms with E-state index in [4.69, 9.17) is 10.5 Å². The number of alkyl halides is 1. The third-order valence-corrected chi connectivity index (χ3v) is 8.45. The topological polar surface area (TPSA) is 81.8 Å². The molecule has 3 rings (SSSR count). The molecule has 24 heavy (non-hydrogen) atoms. The Kier molecular flexibility index (Phi) is 3.71. The van der Waals surface area contributed by atoms with Crippen LogP contribution in [0.25, 0.3) is 0 Å². The van der Waals surface area contributed by atoms with Crippen LogP contribution >= 0.6 is 0 Å². The number of anilines is 1. The van der Waals surface area contributed by atoms with Crippen molar-refractivity contribution >= 4 is 21.2 Å². The predicted octanol–water partition coefficient (Wildman–Crippen LogP) is 2.64. The van der Waals surface area contributed by atoms with Gasteiger partial charge in [-0.1, -0.05) is 0 Å². The summed E-state index contributed by atoms with van der Waals surface area (Å²) in [5, 5.41) is -0.994. The summed E-state index contributed by atoms with van der Waals surface area (Å²) in [5.74, 6) is 0.448. The maximum Gasteiger partial charge on any atom is 0.166 e. The molecular formula is C17H23FN2O3S. The van der Waals surface area contributed by atoms with Gasteiger partial charge in [0, 0.05) is 23.4 Å². The summed E-state index contributed by atoms with van der Waals surface area (Å²) in [4.78, 5) is 4.61. The van der Waals surface area contributed by atoms with Crippen LogP contribution < -0.4 is 10.5 Å². The third-order valence-electron chi connectivity index (χ3n) is 5.40. The fraction of sp³-hybridized carbons (Fsp3) is 0.588. The Labute approximate surface area is 142 Å². The van der Waals surface area contributed by atoms with E-state index < -0.39 is 32.0 Å². The average molecular weight is 354 g/mol. The van der Waals surface area contributed by atoms with Crippen LogP contribution in [0, 0.1) is 0 Å². The second-order valence-corrected chi connectivity index (χ2v) is 9.90. The summed E-state index contributed by atoms with van der Waals surface area (Å²) in [6.07, 6.45) is -0.189. The molecular weight excluding hydrogens is 331 g/mol. The monoisotopic (exact) mass is 354 g/mol. The Morgan fingerprint density at radius 3 is 2.71 bits per heavy atom. The summed E-state index contributed by atoms with van der Waals surface area (Å²) in [6.45, 7) is 5.77. The van der Waals surface area contributed by atoms with Crippen LogP contribution in [0.5, 0.6) is 5.75 Å². The van der Waals surface area contributed by atoms with E-state index in [0.29, 0.717) is 22.7 Å². The number of nitrogen functional groups attached to an aromatic ring is 1. The smallest absolute Gasteiger partial charge is 0.166 e. The van der Waals surface area contributed by atoms with Crippen molar-refractivity contribution in [3.63, 3.8) is 0 Å². The van der Waals surface area contributed by atoms with Crippen molar-refractivity contribution in [1.82, 2.24) is 0 Å². The Morgan fingerprint density at radius 2 is 2.08 bits per heavy atom. The largest absolute Gasteiger partial charge is 0.490 e. The zero-order valence-corrected chi connectivity index (χ0v) is 15.2. The normalized spacial score (nSPS) is 33.5. The number of halogens is 1. The highest BCUT2D eigenvalue weighted by atomic mass is 32.2. The maximum atomic E-state index is 14.4. The van der Waals surface area contributed by atoms with Gasteiger partial charge in [0.15, 0.2) is 9.84 Å². The van der Waals surface area contributed by atoms with Crippen LogP contribution in [-0.2, 0) is 15.4 Å². The van der Waals surface area contributed by atoms with E-state index >= 15 is 0 Å². The van der Waals surface area contributed by atoms with Gasteiger partial charge in [-0.15, -0.1) is 0 Å². The molecule has 0 unspecified atom stereocenters. The van der Waals surface area contributed by atoms with Crippen molar-refractivity contribution in [1.29, 1.82) is 0 Å². The number of aliphatic imine (C=N–C) groups is 1. The van der Waals surface area contributed by atoms with Gasteiger partial charge >= 0.3 is 0 Å². The molecule has 2 N–H and O–H groups in total. The quantitative estimate of drug-likeness (QED) is 0.786. The fourth-order valence-corrected chi connectivity index (χ4v) is 6.07. The van der Waals surface area contributed by atoms with Crippen LogP contribution in [0.2, 0.25) is 0 Å². The predicted molar refractivity (Wildman–Crippen MR) is 93.1 cm³/mol. The molecule has 0 amide bonds. The zero-order valence-electron chi connectivity index (χ0n) is 14.3. The Bertz CT molecular complexity index is 819. The maximum absolute atomic E-state index is 14.4. The first-order valence-corrected chi connectivity index (χ1v) is 9.54. The molecule has 0 bridgehead atoms. The summed E-state index contributed by atoms with van der Waals surface area (Å²) >= 11 is 0. The molecule has 5 nitrogen and oxygen atoms in total. The molecule has 0 aliphatic carbocycles. The van der Waals surface area contributed by atoms with E-state index in [0.717, 1.165) is 0 Å². The summed E-state index contributed by atoms with van der Waals surface area (Å²) < 4.78 is 45.8. The lowest BCUT2D eigenvalue weighted by atomic mass is 9.84. The number of nitrogens with zero attached hydrogens (tertiary/aromatic N) is 1. The molecule has 2 aliphatic rings. The van der Waals surface area contributed by atoms with E-state index in [-0.39, 0.29) is 12.5 Å². The van der Waals surface area contributed by atoms with Gasteiger partial charge in [0.25, 0.3) is 0 Å². The van der Waals surface area contributed by atoms with Crippen LogP contribution in [0.4, 0.5) is 10.1 Å². The molecule has 1 aromatic carbocycles. The summed E-state index contributed by atoms with van der Waals surface area (Å²) in [6, 6.07) is 4.92. The van der Waals surface area contributed by atoms with E-state index in [2.05, 4.69) is 4.99 Å². The molecule has 132 valence electrons. The first-order chi connectivity index (χ1) is 11.1. The van der Waals surface area contributed by atoms with Gasteiger partial charge in [-0.2, -0.15) is 0 Å². The van der Waals surface area contributed by atoms with Gasteiger partial charge in [-0.25, -0.2) is 12.8 Å². The highest BCUT2D eigenvalue weighted by Crippen LogP contribution is 2.50. The van der Waals surface area contributed by atoms with E-state index in [1.54, 1.807) is 45.9 Å². The number of nitrogens with two attached hydrogens (primary N) is 1. The number of rotatable bonds is 1. The minimum Gasteiger partial charge on any atom is -0.490 e. The number of benzene rings is 1. The van der Waals surface area contributed by atoms with Crippen LogP contribution in [0.1, 0.15) is 39.7 Å². The zero-order chi connectivity index (χ0) is 17.9. The van der Waals surface area contributed by atoms with Gasteiger partial charge < -0.3 is 10.5 Å². The van der Waals surface area contributed by atoms with E-state index in [9.17, 15) is 12.8 Å². The molecule has 3 atom stereocenters. The number of hydrogen-bond acceptors (Lipinski definition) is 5. The van der Waals surface area contributed by atoms with Crippen molar-refractivity contribution in [2.75, 3.05) is 12.4 Å². The molecule has 0 radical (unpaired) electrons. The van der Waals surface area contributed by atoms with Crippen molar-refractivity contribution in [3.05, 3.63) is 23.8 Å². The van der Waals surface area contributed by atoms with Crippen LogP contribution in [0.3, 0.4) is 0 Å². The molecule has 0 fully saturated rings. The first-order valence-electron chi connectivity index (χ1n) is 7.99. The Balaban J connectivity index is 2.41. The minimum atomic E-state index is -3.69. The molecule has 0 saturated carbocycles. The molecule has 2 aliphatic heterocycles. The number of ether oxygens (including phenoxy) is 1. The van der Waals surface area contributed by atoms with E-state index in [1.807, 2.05) is 0 Å². The standard InChI is InChI=1S/C17H23FN2O3S/c1-10-7-15-17(9-18,13-8-12(19)5-6-14(13)23-10)20-11(2)16(3,4)24(15,21)22/h5-6,8,10,15H,7,9,19H2,1-4H3/t10-,15+,17+/m0/s1. The van der Waals surface area contributed by atoms with Crippen molar-refractivity contribution in [2.45, 2.75) is 55.8 Å². The second-order valence-electron chi connectivity index (χ2n) is 7.22. The van der Waals surface area contributed by atoms with Crippen LogP contribution in [0.15, 0.2) is 23.2 Å². The van der Waals surface area contributed by atoms with Crippen molar-refractivity contribution in [3.8, 4) is 5.75 Å². The Morgan fingerprint density at radius 1 is 1.42 bits per heavy atom. The van der Waals surface area contributed by atoms with Gasteiger partial charge in [0.05, 0.1) is 11.4 Å². The average Bonchev–Trinajstić information content (AvgIpc) is 2.62. The molecule has 0 spiro atoms. The number of sulfone groups is 1. The lowest BCUT2D eigenvalue weighted by Crippen LogP contribution is -2.58. The molecule has 2 heterocycles. The number of fused-ring (bicyclic) bond motifs is 3. The SMILES string of the molecule is CC1=N[C@]2(CF)c3cc(N)ccc3O[C@@H](C)C[C@H]2S(=O)(=O)C1(C)C. The number of hydrogen-bond donors (Lipinski definition) is 1. The van der Waals surface area contributed by atoms with Gasteiger partial charge in [-0.3, -0.25) is 4.99 Å². The fourth-order valence-electron chi connectivity index (χ4n) is 3.62.